The molecular formula is C44H50ClN7O5S2. The average Bonchev–Trinajstić information content (AvgIpc) is 3.25. The topological polar surface area (TPSA) is 160 Å². The summed E-state index contributed by atoms with van der Waals surface area (Å²) in [5, 5.41) is 13.0. The molecule has 59 heavy (non-hydrogen) atoms. The number of sulfonamides is 1. The second kappa shape index (κ2) is 20.7. The van der Waals surface area contributed by atoms with Crippen molar-refractivity contribution >= 4 is 62.3 Å². The molecule has 0 aromatic heterocycles. The van der Waals surface area contributed by atoms with Gasteiger partial charge in [-0.05, 0) is 103 Å². The Kier molecular flexibility index (Phi) is 15.3. The highest BCUT2D eigenvalue weighted by Crippen LogP contribution is 2.29. The molecule has 5 aromatic carbocycles. The fourth-order valence-corrected chi connectivity index (χ4v) is 8.97. The van der Waals surface area contributed by atoms with E-state index in [-0.39, 0.29) is 28.6 Å². The van der Waals surface area contributed by atoms with Gasteiger partial charge in [0.05, 0.1) is 16.3 Å². The Balaban J connectivity index is 1.02. The van der Waals surface area contributed by atoms with E-state index in [9.17, 15) is 18.0 Å². The summed E-state index contributed by atoms with van der Waals surface area (Å²) in [6.07, 6.45) is 0.860. The van der Waals surface area contributed by atoms with Gasteiger partial charge in [0.2, 0.25) is 5.91 Å². The molecule has 0 spiro atoms. The van der Waals surface area contributed by atoms with Crippen LogP contribution in [0.3, 0.4) is 0 Å². The van der Waals surface area contributed by atoms with Crippen LogP contribution in [-0.2, 0) is 21.4 Å². The van der Waals surface area contributed by atoms with Crippen molar-refractivity contribution in [1.29, 1.82) is 0 Å². The molecule has 6 rings (SSSR count). The Morgan fingerprint density at radius 1 is 0.881 bits per heavy atom. The number of hydrogen-bond donors (Lipinski definition) is 5. The number of anilines is 3. The predicted octanol–water partition coefficient (Wildman–Crippen LogP) is 6.82. The van der Waals surface area contributed by atoms with Crippen molar-refractivity contribution in [2.45, 2.75) is 35.2 Å². The number of halogens is 1. The summed E-state index contributed by atoms with van der Waals surface area (Å²) >= 11 is 7.80. The third-order valence-electron chi connectivity index (χ3n) is 10.3. The van der Waals surface area contributed by atoms with Crippen LogP contribution in [0.15, 0.2) is 131 Å². The molecule has 15 heteroatoms. The number of rotatable bonds is 18. The first-order chi connectivity index (χ1) is 28.5. The van der Waals surface area contributed by atoms with Crippen LogP contribution in [0.2, 0.25) is 5.02 Å². The average molecular weight is 857 g/mol. The van der Waals surface area contributed by atoms with Crippen LogP contribution in [0.4, 0.5) is 17.1 Å². The number of thioether (sulfide) groups is 1. The maximum atomic E-state index is 13.4. The minimum atomic E-state index is -4.23. The molecule has 0 radical (unpaired) electrons. The number of nitrogens with zero attached hydrogens (tertiary/aromatic N) is 3. The summed E-state index contributed by atoms with van der Waals surface area (Å²) in [5.41, 5.74) is 13.6. The van der Waals surface area contributed by atoms with Gasteiger partial charge >= 0.3 is 0 Å². The van der Waals surface area contributed by atoms with Crippen LogP contribution in [-0.4, -0.2) is 93.4 Å². The summed E-state index contributed by atoms with van der Waals surface area (Å²) < 4.78 is 29.0. The zero-order valence-corrected chi connectivity index (χ0v) is 35.3. The maximum absolute atomic E-state index is 13.4. The molecule has 6 N–H and O–H groups in total. The number of carbonyl (C=O) groups is 2. The van der Waals surface area contributed by atoms with E-state index in [0.29, 0.717) is 36.0 Å². The van der Waals surface area contributed by atoms with Gasteiger partial charge in [-0.1, -0.05) is 66.2 Å². The van der Waals surface area contributed by atoms with Gasteiger partial charge in [0.1, 0.15) is 0 Å². The van der Waals surface area contributed by atoms with Gasteiger partial charge in [0.25, 0.3) is 15.9 Å². The number of nitrogen functional groups attached to an aromatic ring is 1. The van der Waals surface area contributed by atoms with Crippen molar-refractivity contribution in [3.05, 3.63) is 137 Å². The van der Waals surface area contributed by atoms with E-state index in [4.69, 9.17) is 22.5 Å². The molecule has 1 heterocycles. The highest BCUT2D eigenvalue weighted by atomic mass is 35.5. The van der Waals surface area contributed by atoms with Gasteiger partial charge in [0, 0.05) is 78.7 Å². The van der Waals surface area contributed by atoms with E-state index in [1.807, 2.05) is 78.7 Å². The minimum Gasteiger partial charge on any atom is -0.397 e. The Morgan fingerprint density at radius 2 is 1.58 bits per heavy atom. The lowest BCUT2D eigenvalue weighted by Crippen LogP contribution is -2.46. The number of piperazine rings is 1. The first kappa shape index (κ1) is 43.5. The summed E-state index contributed by atoms with van der Waals surface area (Å²) in [6, 6.07) is 37.6. The van der Waals surface area contributed by atoms with E-state index in [1.165, 1.54) is 23.3 Å². The van der Waals surface area contributed by atoms with E-state index in [2.05, 4.69) is 44.1 Å². The lowest BCUT2D eigenvalue weighted by molar-refractivity contribution is -0.129. The number of amides is 2. The molecule has 1 unspecified atom stereocenters. The van der Waals surface area contributed by atoms with E-state index < -0.39 is 21.8 Å². The number of hydroxylamine groups is 1. The van der Waals surface area contributed by atoms with Crippen molar-refractivity contribution in [2.75, 3.05) is 68.0 Å². The lowest BCUT2D eigenvalue weighted by Gasteiger charge is -2.36. The number of nitrogens with two attached hydrogens (primary N) is 1. The predicted molar refractivity (Wildman–Crippen MR) is 238 cm³/mol. The van der Waals surface area contributed by atoms with Crippen molar-refractivity contribution in [2.24, 2.45) is 0 Å². The number of carbonyl (C=O) groups excluding carboxylic acids is 2. The number of nitrogens with one attached hydrogen (secondary N) is 3. The normalized spacial score (nSPS) is 13.9. The molecule has 1 fully saturated rings. The largest absolute Gasteiger partial charge is 0.397 e. The smallest absolute Gasteiger partial charge is 0.264 e. The fraction of sp³-hybridized carbons (Fsp3) is 0.273. The zero-order valence-electron chi connectivity index (χ0n) is 32.9. The van der Waals surface area contributed by atoms with E-state index in [1.54, 1.807) is 35.4 Å². The van der Waals surface area contributed by atoms with E-state index in [0.717, 1.165) is 48.9 Å². The SMILES string of the molecule is CN(CCC(=O)NO)CCC(CSc1ccccc1)Nc1ccc(S(=O)(=O)NC(=O)c2ccc(N3CCN(Cc4ccccc4-c4ccc(Cl)cc4)CC3)cc2)cc1N. The second-order valence-corrected chi connectivity index (χ2v) is 17.7. The molecule has 0 bridgehead atoms. The molecule has 0 saturated carbocycles. The maximum Gasteiger partial charge on any atom is 0.264 e. The molecule has 1 saturated heterocycles. The molecule has 0 aliphatic carbocycles. The van der Waals surface area contributed by atoms with Gasteiger partial charge in [0.15, 0.2) is 0 Å². The molecule has 1 atom stereocenters. The standard InChI is InChI=1S/C44H50ClN7O5S2/c1-50(24-22-43(53)48-55)23-21-36(31-58-38-8-3-2-4-9-38)47-42-20-19-39(29-41(42)46)59(56,57)49-44(54)33-13-17-37(18-14-33)52-27-25-51(26-28-52)30-34-7-5-6-10-40(34)32-11-15-35(45)16-12-32/h2-20,29,36,47,55H,21-28,30-31,46H2,1H3,(H,48,53)(H,49,54). The number of hydrogen-bond acceptors (Lipinski definition) is 11. The van der Waals surface area contributed by atoms with Crippen molar-refractivity contribution in [3.63, 3.8) is 0 Å². The summed E-state index contributed by atoms with van der Waals surface area (Å²) in [4.78, 5) is 32.4. The van der Waals surface area contributed by atoms with Crippen LogP contribution >= 0.6 is 23.4 Å². The van der Waals surface area contributed by atoms with Crippen molar-refractivity contribution in [3.8, 4) is 11.1 Å². The van der Waals surface area contributed by atoms with Crippen molar-refractivity contribution < 1.29 is 23.2 Å². The molecule has 5 aromatic rings. The van der Waals surface area contributed by atoms with Crippen LogP contribution in [0.5, 0.6) is 0 Å². The highest BCUT2D eigenvalue weighted by Gasteiger charge is 2.23. The second-order valence-electron chi connectivity index (χ2n) is 14.5. The fourth-order valence-electron chi connectivity index (χ4n) is 6.84. The molecule has 1 aliphatic rings. The summed E-state index contributed by atoms with van der Waals surface area (Å²) in [5.74, 6) is -0.491. The lowest BCUT2D eigenvalue weighted by atomic mass is 9.99. The molecule has 12 nitrogen and oxygen atoms in total. The van der Waals surface area contributed by atoms with Gasteiger partial charge in [-0.25, -0.2) is 18.6 Å². The van der Waals surface area contributed by atoms with E-state index >= 15 is 0 Å². The first-order valence-electron chi connectivity index (χ1n) is 19.4. The summed E-state index contributed by atoms with van der Waals surface area (Å²) in [6.45, 7) is 5.30. The van der Waals surface area contributed by atoms with Gasteiger partial charge in [-0.3, -0.25) is 19.7 Å². The van der Waals surface area contributed by atoms with Gasteiger partial charge in [-0.15, -0.1) is 11.8 Å². The van der Waals surface area contributed by atoms with Crippen LogP contribution < -0.4 is 26.2 Å². The quantitative estimate of drug-likeness (QED) is 0.0273. The minimum absolute atomic E-state index is 0.0612. The Hall–Kier alpha value is -5.09. The number of benzene rings is 5. The Morgan fingerprint density at radius 3 is 2.27 bits per heavy atom. The van der Waals surface area contributed by atoms with Crippen molar-refractivity contribution in [1.82, 2.24) is 20.0 Å². The van der Waals surface area contributed by atoms with Gasteiger partial charge in [-0.2, -0.15) is 0 Å². The third kappa shape index (κ3) is 12.5. The molecular weight excluding hydrogens is 806 g/mol. The molecule has 310 valence electrons. The Labute approximate surface area is 355 Å². The first-order valence-corrected chi connectivity index (χ1v) is 22.3. The zero-order chi connectivity index (χ0) is 41.8. The third-order valence-corrected chi connectivity index (χ3v) is 13.0. The summed E-state index contributed by atoms with van der Waals surface area (Å²) in [7, 11) is -2.33. The van der Waals surface area contributed by atoms with Crippen LogP contribution in [0.1, 0.15) is 28.8 Å². The van der Waals surface area contributed by atoms with Gasteiger partial charge < -0.3 is 20.9 Å². The monoisotopic (exact) mass is 855 g/mol. The van der Waals surface area contributed by atoms with Crippen LogP contribution in [0.25, 0.3) is 11.1 Å². The highest BCUT2D eigenvalue weighted by molar-refractivity contribution is 7.99. The molecule has 2 amide bonds. The molecule has 1 aliphatic heterocycles. The Bertz CT molecular complexity index is 2280. The van der Waals surface area contributed by atoms with Crippen LogP contribution in [0, 0.1) is 0 Å².